The van der Waals surface area contributed by atoms with Crippen molar-refractivity contribution in [1.29, 1.82) is 0 Å². The van der Waals surface area contributed by atoms with Crippen molar-refractivity contribution in [3.05, 3.63) is 12.2 Å². The summed E-state index contributed by atoms with van der Waals surface area (Å²) in [6.07, 6.45) is 11.4. The van der Waals surface area contributed by atoms with Gasteiger partial charge in [-0.2, -0.15) is 0 Å². The van der Waals surface area contributed by atoms with Crippen LogP contribution < -0.4 is 0 Å². The van der Waals surface area contributed by atoms with Gasteiger partial charge in [0.2, 0.25) is 0 Å². The molecule has 0 aromatic carbocycles. The van der Waals surface area contributed by atoms with Crippen LogP contribution in [-0.2, 0) is 14.3 Å². The van der Waals surface area contributed by atoms with E-state index < -0.39 is 12.3 Å². The van der Waals surface area contributed by atoms with Crippen LogP contribution in [0.3, 0.4) is 0 Å². The summed E-state index contributed by atoms with van der Waals surface area (Å²) in [6, 6.07) is 0. The highest BCUT2D eigenvalue weighted by atomic mass is 16.6. The number of ketones is 1. The highest BCUT2D eigenvalue weighted by Gasteiger charge is 2.32. The van der Waals surface area contributed by atoms with Crippen molar-refractivity contribution >= 4 is 11.8 Å². The number of hydrogen-bond acceptors (Lipinski definition) is 4. The number of rotatable bonds is 12. The predicted molar refractivity (Wildman–Crippen MR) is 87.9 cm³/mol. The molecule has 0 spiro atoms. The average molecular weight is 326 g/mol. The van der Waals surface area contributed by atoms with E-state index in [0.717, 1.165) is 25.7 Å². The number of ether oxygens (including phenoxy) is 1. The minimum absolute atomic E-state index is 0.0989. The van der Waals surface area contributed by atoms with Crippen molar-refractivity contribution < 1.29 is 24.5 Å². The Kier molecular flexibility index (Phi) is 9.80. The van der Waals surface area contributed by atoms with Gasteiger partial charge >= 0.3 is 5.97 Å². The number of carbonyl (C=O) groups excluding carboxylic acids is 1. The van der Waals surface area contributed by atoms with Crippen LogP contribution in [-0.4, -0.2) is 34.9 Å². The lowest BCUT2D eigenvalue weighted by Gasteiger charge is -2.15. The number of carboxylic acid groups (broad SMARTS) is 1. The molecule has 0 heterocycles. The van der Waals surface area contributed by atoms with Crippen molar-refractivity contribution in [3.63, 3.8) is 0 Å². The van der Waals surface area contributed by atoms with E-state index in [1.54, 1.807) is 0 Å². The SMILES string of the molecule is CCCCCC=C[C@H]1CCC(=O)[C@@H]1CCCCOC(O)C(=O)O. The summed E-state index contributed by atoms with van der Waals surface area (Å²) in [5.41, 5.74) is 0. The van der Waals surface area contributed by atoms with Gasteiger partial charge in [0.1, 0.15) is 5.78 Å². The summed E-state index contributed by atoms with van der Waals surface area (Å²) in [5, 5.41) is 17.5. The molecular weight excluding hydrogens is 296 g/mol. The normalized spacial score (nSPS) is 22.8. The van der Waals surface area contributed by atoms with Crippen LogP contribution in [0.2, 0.25) is 0 Å². The molecule has 0 amide bonds. The quantitative estimate of drug-likeness (QED) is 0.326. The fourth-order valence-electron chi connectivity index (χ4n) is 3.06. The second kappa shape index (κ2) is 11.4. The van der Waals surface area contributed by atoms with E-state index in [1.807, 2.05) is 0 Å². The van der Waals surface area contributed by atoms with Gasteiger partial charge in [0.15, 0.2) is 0 Å². The Morgan fingerprint density at radius 3 is 2.83 bits per heavy atom. The number of aliphatic carboxylic acids is 1. The van der Waals surface area contributed by atoms with Gasteiger partial charge in [0, 0.05) is 12.3 Å². The Balaban J connectivity index is 2.24. The zero-order chi connectivity index (χ0) is 17.1. The van der Waals surface area contributed by atoms with Crippen LogP contribution in [0.1, 0.15) is 64.7 Å². The van der Waals surface area contributed by atoms with E-state index in [1.165, 1.54) is 19.3 Å². The van der Waals surface area contributed by atoms with Gasteiger partial charge in [0.25, 0.3) is 6.29 Å². The van der Waals surface area contributed by atoms with E-state index in [2.05, 4.69) is 19.1 Å². The first-order chi connectivity index (χ1) is 11.1. The van der Waals surface area contributed by atoms with Crippen molar-refractivity contribution in [3.8, 4) is 0 Å². The summed E-state index contributed by atoms with van der Waals surface area (Å²) >= 11 is 0. The summed E-state index contributed by atoms with van der Waals surface area (Å²) in [7, 11) is 0. The molecule has 1 unspecified atom stereocenters. The monoisotopic (exact) mass is 326 g/mol. The molecule has 1 rings (SSSR count). The summed E-state index contributed by atoms with van der Waals surface area (Å²) in [5.74, 6) is -0.569. The van der Waals surface area contributed by atoms with Crippen molar-refractivity contribution in [2.75, 3.05) is 6.61 Å². The van der Waals surface area contributed by atoms with Gasteiger partial charge in [-0.3, -0.25) is 4.79 Å². The Hall–Kier alpha value is -1.20. The number of hydrogen-bond donors (Lipinski definition) is 2. The van der Waals surface area contributed by atoms with E-state index >= 15 is 0 Å². The molecule has 0 radical (unpaired) electrons. The second-order valence-corrected chi connectivity index (χ2v) is 6.26. The Labute approximate surface area is 138 Å². The van der Waals surface area contributed by atoms with Crippen LogP contribution in [0.4, 0.5) is 0 Å². The predicted octanol–water partition coefficient (Wildman–Crippen LogP) is 3.31. The molecule has 3 atom stereocenters. The maximum atomic E-state index is 12.0. The number of aliphatic hydroxyl groups is 1. The topological polar surface area (TPSA) is 83.8 Å². The number of allylic oxidation sites excluding steroid dienone is 2. The number of unbranched alkanes of at least 4 members (excludes halogenated alkanes) is 4. The second-order valence-electron chi connectivity index (χ2n) is 6.26. The summed E-state index contributed by atoms with van der Waals surface area (Å²) in [6.45, 7) is 2.39. The van der Waals surface area contributed by atoms with E-state index in [9.17, 15) is 9.59 Å². The number of carboxylic acids is 1. The van der Waals surface area contributed by atoms with Gasteiger partial charge in [-0.1, -0.05) is 38.3 Å². The molecular formula is C18H30O5. The molecule has 0 aromatic rings. The molecule has 0 aromatic heterocycles. The molecule has 2 N–H and O–H groups in total. The van der Waals surface area contributed by atoms with Crippen LogP contribution >= 0.6 is 0 Å². The number of carbonyl (C=O) groups is 2. The third-order valence-electron chi connectivity index (χ3n) is 4.41. The molecule has 23 heavy (non-hydrogen) atoms. The van der Waals surface area contributed by atoms with Gasteiger partial charge in [-0.15, -0.1) is 0 Å². The third-order valence-corrected chi connectivity index (χ3v) is 4.41. The van der Waals surface area contributed by atoms with Crippen molar-refractivity contribution in [1.82, 2.24) is 0 Å². The zero-order valence-electron chi connectivity index (χ0n) is 14.1. The minimum atomic E-state index is -1.75. The van der Waals surface area contributed by atoms with Crippen molar-refractivity contribution in [2.24, 2.45) is 11.8 Å². The van der Waals surface area contributed by atoms with Gasteiger partial charge in [-0.05, 0) is 38.0 Å². The molecule has 1 saturated carbocycles. The van der Waals surface area contributed by atoms with Gasteiger partial charge in [0.05, 0.1) is 6.61 Å². The van der Waals surface area contributed by atoms with Crippen LogP contribution in [0, 0.1) is 11.8 Å². The standard InChI is InChI=1S/C18H30O5/c1-2-3-4-5-6-9-14-11-12-16(19)15(14)10-7-8-13-23-18(22)17(20)21/h6,9,14-15,18,22H,2-5,7-8,10-13H2,1H3,(H,20,21)/t14-,15+,18?/m0/s1. The van der Waals surface area contributed by atoms with E-state index in [4.69, 9.17) is 14.9 Å². The smallest absolute Gasteiger partial charge is 0.360 e. The summed E-state index contributed by atoms with van der Waals surface area (Å²) < 4.78 is 4.78. The Bertz CT molecular complexity index is 391. The first-order valence-electron chi connectivity index (χ1n) is 8.78. The molecule has 0 aliphatic heterocycles. The highest BCUT2D eigenvalue weighted by Crippen LogP contribution is 2.33. The van der Waals surface area contributed by atoms with Gasteiger partial charge < -0.3 is 14.9 Å². The maximum absolute atomic E-state index is 12.0. The zero-order valence-corrected chi connectivity index (χ0v) is 14.1. The van der Waals surface area contributed by atoms with Crippen LogP contribution in [0.5, 0.6) is 0 Å². The maximum Gasteiger partial charge on any atom is 0.360 e. The van der Waals surface area contributed by atoms with E-state index in [-0.39, 0.29) is 12.5 Å². The van der Waals surface area contributed by atoms with Crippen LogP contribution in [0.25, 0.3) is 0 Å². The number of Topliss-reactive ketones (excluding diaryl/α,β-unsaturated/α-hetero) is 1. The molecule has 1 fully saturated rings. The molecule has 1 aliphatic rings. The lowest BCUT2D eigenvalue weighted by molar-refractivity contribution is -0.176. The lowest BCUT2D eigenvalue weighted by Crippen LogP contribution is -2.23. The van der Waals surface area contributed by atoms with Gasteiger partial charge in [-0.25, -0.2) is 4.79 Å². The lowest BCUT2D eigenvalue weighted by atomic mass is 9.90. The third kappa shape index (κ3) is 7.75. The molecule has 0 bridgehead atoms. The summed E-state index contributed by atoms with van der Waals surface area (Å²) in [4.78, 5) is 22.4. The fourth-order valence-corrected chi connectivity index (χ4v) is 3.06. The molecule has 0 saturated heterocycles. The minimum Gasteiger partial charge on any atom is -0.477 e. The number of aliphatic hydroxyl groups excluding tert-OH is 1. The molecule has 1 aliphatic carbocycles. The molecule has 5 nitrogen and oxygen atoms in total. The fraction of sp³-hybridized carbons (Fsp3) is 0.778. The molecule has 132 valence electrons. The van der Waals surface area contributed by atoms with Crippen molar-refractivity contribution in [2.45, 2.75) is 71.0 Å². The van der Waals surface area contributed by atoms with E-state index in [0.29, 0.717) is 24.5 Å². The Morgan fingerprint density at radius 1 is 1.35 bits per heavy atom. The first-order valence-corrected chi connectivity index (χ1v) is 8.78. The average Bonchev–Trinajstić information content (AvgIpc) is 2.87. The Morgan fingerprint density at radius 2 is 2.13 bits per heavy atom. The van der Waals surface area contributed by atoms with Crippen LogP contribution in [0.15, 0.2) is 12.2 Å². The highest BCUT2D eigenvalue weighted by molar-refractivity contribution is 5.83. The largest absolute Gasteiger partial charge is 0.477 e. The first kappa shape index (κ1) is 19.8. The molecule has 5 heteroatoms.